The minimum Gasteiger partial charge on any atom is -0.385 e. The molecule has 0 aliphatic heterocycles. The average Bonchev–Trinajstić information content (AvgIpc) is 2.36. The van der Waals surface area contributed by atoms with E-state index in [1.165, 1.54) is 0 Å². The van der Waals surface area contributed by atoms with E-state index in [1.807, 2.05) is 6.92 Å². The summed E-state index contributed by atoms with van der Waals surface area (Å²) in [5.41, 5.74) is 0. The van der Waals surface area contributed by atoms with E-state index in [2.05, 4.69) is 15.6 Å². The van der Waals surface area contributed by atoms with Crippen molar-refractivity contribution in [3.63, 3.8) is 0 Å². The molecule has 1 atom stereocenters. The molecule has 1 heterocycles. The first-order valence-corrected chi connectivity index (χ1v) is 5.75. The van der Waals surface area contributed by atoms with Crippen molar-refractivity contribution in [2.24, 2.45) is 0 Å². The zero-order chi connectivity index (χ0) is 14.4. The molecule has 0 radical (unpaired) electrons. The van der Waals surface area contributed by atoms with E-state index in [0.717, 1.165) is 0 Å². The second-order valence-electron chi connectivity index (χ2n) is 3.86. The molecule has 1 rings (SSSR count). The van der Waals surface area contributed by atoms with Crippen LogP contribution in [-0.2, 0) is 0 Å². The average molecular weight is 281 g/mol. The molecule has 0 saturated carbocycles. The van der Waals surface area contributed by atoms with Crippen molar-refractivity contribution in [3.05, 3.63) is 17.7 Å². The molecule has 0 spiro atoms. The van der Waals surface area contributed by atoms with Crippen molar-refractivity contribution >= 4 is 11.6 Å². The van der Waals surface area contributed by atoms with Crippen molar-refractivity contribution in [3.8, 4) is 0 Å². The van der Waals surface area contributed by atoms with Gasteiger partial charge in [-0.05, 0) is 6.42 Å². The van der Waals surface area contributed by atoms with Crippen LogP contribution >= 0.6 is 0 Å². The standard InChI is InChI=1S/C11H15F4N3O/c1-2-3-16-10-6(12)4-7(13)11(18-10)17-5-8(19)9(14)15/h4,8-9,19H,2-3,5H2,1H3,(H2,16,17,18). The number of aliphatic hydroxyl groups is 1. The van der Waals surface area contributed by atoms with Crippen LogP contribution in [0.4, 0.5) is 29.2 Å². The Hall–Kier alpha value is -1.57. The fourth-order valence-electron chi connectivity index (χ4n) is 1.25. The SMILES string of the molecule is CCCNc1nc(NCC(O)C(F)F)c(F)cc1F. The minimum absolute atomic E-state index is 0.169. The largest absolute Gasteiger partial charge is 0.385 e. The predicted octanol–water partition coefficient (Wildman–Crippen LogP) is 2.22. The summed E-state index contributed by atoms with van der Waals surface area (Å²) >= 11 is 0. The van der Waals surface area contributed by atoms with E-state index < -0.39 is 30.7 Å². The van der Waals surface area contributed by atoms with Gasteiger partial charge in [-0.25, -0.2) is 22.5 Å². The Labute approximate surface area is 107 Å². The van der Waals surface area contributed by atoms with Crippen LogP contribution in [-0.4, -0.2) is 35.7 Å². The third-order valence-electron chi connectivity index (χ3n) is 2.24. The molecule has 4 nitrogen and oxygen atoms in total. The van der Waals surface area contributed by atoms with E-state index in [0.29, 0.717) is 19.0 Å². The molecular weight excluding hydrogens is 266 g/mol. The zero-order valence-electron chi connectivity index (χ0n) is 10.3. The predicted molar refractivity (Wildman–Crippen MR) is 63.4 cm³/mol. The molecule has 0 amide bonds. The molecular formula is C11H15F4N3O. The Morgan fingerprint density at radius 3 is 2.32 bits per heavy atom. The number of hydrogen-bond acceptors (Lipinski definition) is 4. The van der Waals surface area contributed by atoms with Crippen LogP contribution in [0, 0.1) is 11.6 Å². The third kappa shape index (κ3) is 4.55. The van der Waals surface area contributed by atoms with Crippen molar-refractivity contribution in [1.29, 1.82) is 0 Å². The maximum atomic E-state index is 13.3. The lowest BCUT2D eigenvalue weighted by atomic mass is 10.3. The normalized spacial score (nSPS) is 12.6. The topological polar surface area (TPSA) is 57.2 Å². The van der Waals surface area contributed by atoms with Gasteiger partial charge in [0.05, 0.1) is 0 Å². The first-order chi connectivity index (χ1) is 8.95. The molecule has 1 aromatic rings. The van der Waals surface area contributed by atoms with Crippen LogP contribution in [0.2, 0.25) is 0 Å². The van der Waals surface area contributed by atoms with Gasteiger partial charge in [-0.3, -0.25) is 0 Å². The highest BCUT2D eigenvalue weighted by atomic mass is 19.3. The Morgan fingerprint density at radius 2 is 1.79 bits per heavy atom. The summed E-state index contributed by atoms with van der Waals surface area (Å²) in [6, 6.07) is 0.599. The highest BCUT2D eigenvalue weighted by Crippen LogP contribution is 2.19. The Kier molecular flexibility index (Phi) is 5.81. The molecule has 8 heteroatoms. The maximum Gasteiger partial charge on any atom is 0.265 e. The highest BCUT2D eigenvalue weighted by Gasteiger charge is 2.18. The van der Waals surface area contributed by atoms with Gasteiger partial charge in [-0.2, -0.15) is 0 Å². The van der Waals surface area contributed by atoms with Crippen LogP contribution in [0.15, 0.2) is 6.07 Å². The van der Waals surface area contributed by atoms with Crippen molar-refractivity contribution in [2.75, 3.05) is 23.7 Å². The van der Waals surface area contributed by atoms with Crippen LogP contribution in [0.3, 0.4) is 0 Å². The molecule has 3 N–H and O–H groups in total. The van der Waals surface area contributed by atoms with E-state index in [-0.39, 0.29) is 11.6 Å². The van der Waals surface area contributed by atoms with Crippen LogP contribution in [0.1, 0.15) is 13.3 Å². The number of aliphatic hydroxyl groups excluding tert-OH is 1. The van der Waals surface area contributed by atoms with Gasteiger partial charge in [0.1, 0.15) is 6.10 Å². The van der Waals surface area contributed by atoms with Gasteiger partial charge in [-0.1, -0.05) is 6.92 Å². The van der Waals surface area contributed by atoms with Gasteiger partial charge >= 0.3 is 0 Å². The summed E-state index contributed by atoms with van der Waals surface area (Å²) in [4.78, 5) is 3.61. The summed E-state index contributed by atoms with van der Waals surface area (Å²) in [6.45, 7) is 1.71. The fourth-order valence-corrected chi connectivity index (χ4v) is 1.25. The molecule has 0 aromatic carbocycles. The molecule has 1 unspecified atom stereocenters. The number of pyridine rings is 1. The number of halogens is 4. The lowest BCUT2D eigenvalue weighted by molar-refractivity contribution is 0.00377. The lowest BCUT2D eigenvalue weighted by Gasteiger charge is -2.13. The number of nitrogens with one attached hydrogen (secondary N) is 2. The second-order valence-corrected chi connectivity index (χ2v) is 3.86. The summed E-state index contributed by atoms with van der Waals surface area (Å²) in [7, 11) is 0. The fraction of sp³-hybridized carbons (Fsp3) is 0.545. The van der Waals surface area contributed by atoms with Crippen molar-refractivity contribution in [1.82, 2.24) is 4.98 Å². The minimum atomic E-state index is -2.95. The number of aromatic nitrogens is 1. The quantitative estimate of drug-likeness (QED) is 0.671. The molecule has 0 fully saturated rings. The molecule has 1 aromatic heterocycles. The summed E-state index contributed by atoms with van der Waals surface area (Å²) in [6.07, 6.45) is -4.18. The summed E-state index contributed by atoms with van der Waals surface area (Å²) in [5.74, 6) is -2.44. The lowest BCUT2D eigenvalue weighted by Crippen LogP contribution is -2.27. The molecule has 0 bridgehead atoms. The van der Waals surface area contributed by atoms with E-state index in [9.17, 15) is 17.6 Å². The number of nitrogens with zero attached hydrogens (tertiary/aromatic N) is 1. The van der Waals surface area contributed by atoms with E-state index in [4.69, 9.17) is 5.11 Å². The monoisotopic (exact) mass is 281 g/mol. The first-order valence-electron chi connectivity index (χ1n) is 5.75. The second kappa shape index (κ2) is 7.13. The van der Waals surface area contributed by atoms with Crippen molar-refractivity contribution < 1.29 is 22.7 Å². The van der Waals surface area contributed by atoms with Gasteiger partial charge in [0.15, 0.2) is 23.3 Å². The third-order valence-corrected chi connectivity index (χ3v) is 2.24. The molecule has 0 aliphatic carbocycles. The van der Waals surface area contributed by atoms with Gasteiger partial charge in [0.25, 0.3) is 6.43 Å². The van der Waals surface area contributed by atoms with Gasteiger partial charge in [0.2, 0.25) is 0 Å². The number of rotatable bonds is 7. The molecule has 0 saturated heterocycles. The van der Waals surface area contributed by atoms with Crippen molar-refractivity contribution in [2.45, 2.75) is 25.9 Å². The Balaban J connectivity index is 2.76. The zero-order valence-corrected chi connectivity index (χ0v) is 10.3. The summed E-state index contributed by atoms with van der Waals surface area (Å²) < 4.78 is 50.8. The number of anilines is 2. The van der Waals surface area contributed by atoms with Gasteiger partial charge in [0, 0.05) is 19.2 Å². The molecule has 108 valence electrons. The Morgan fingerprint density at radius 1 is 1.21 bits per heavy atom. The highest BCUT2D eigenvalue weighted by molar-refractivity contribution is 5.47. The van der Waals surface area contributed by atoms with Crippen LogP contribution < -0.4 is 10.6 Å². The molecule has 19 heavy (non-hydrogen) atoms. The maximum absolute atomic E-state index is 13.3. The molecule has 0 aliphatic rings. The van der Waals surface area contributed by atoms with Gasteiger partial charge in [-0.15, -0.1) is 0 Å². The smallest absolute Gasteiger partial charge is 0.265 e. The van der Waals surface area contributed by atoms with E-state index >= 15 is 0 Å². The number of hydrogen-bond donors (Lipinski definition) is 3. The van der Waals surface area contributed by atoms with E-state index in [1.54, 1.807) is 0 Å². The van der Waals surface area contributed by atoms with Crippen LogP contribution in [0.5, 0.6) is 0 Å². The first kappa shape index (κ1) is 15.5. The number of alkyl halides is 2. The Bertz CT molecular complexity index is 417. The van der Waals surface area contributed by atoms with Crippen LogP contribution in [0.25, 0.3) is 0 Å². The summed E-state index contributed by atoms with van der Waals surface area (Å²) in [5, 5.41) is 13.7. The van der Waals surface area contributed by atoms with Gasteiger partial charge < -0.3 is 15.7 Å².